The van der Waals surface area contributed by atoms with Crippen LogP contribution in [0.15, 0.2) is 48.5 Å². The number of amides is 1. The lowest BCUT2D eigenvalue weighted by molar-refractivity contribution is -0.116. The second-order valence-electron chi connectivity index (χ2n) is 6.52. The van der Waals surface area contributed by atoms with Crippen LogP contribution in [0.2, 0.25) is 0 Å². The normalized spacial score (nSPS) is 15.8. The van der Waals surface area contributed by atoms with Gasteiger partial charge in [0, 0.05) is 56.9 Å². The molecular weight excluding hydrogens is 336 g/mol. The lowest BCUT2D eigenvalue weighted by Gasteiger charge is -2.34. The lowest BCUT2D eigenvalue weighted by atomic mass is 10.2. The van der Waals surface area contributed by atoms with Crippen molar-refractivity contribution in [2.45, 2.75) is 13.0 Å². The molecule has 0 aliphatic carbocycles. The number of nitrogens with zero attached hydrogens (tertiary/aromatic N) is 2. The number of halogens is 2. The van der Waals surface area contributed by atoms with Crippen LogP contribution in [0, 0.1) is 11.6 Å². The van der Waals surface area contributed by atoms with Crippen LogP contribution in [0.25, 0.3) is 0 Å². The van der Waals surface area contributed by atoms with Gasteiger partial charge in [-0.15, -0.1) is 0 Å². The van der Waals surface area contributed by atoms with E-state index in [0.717, 1.165) is 31.7 Å². The first-order valence-corrected chi connectivity index (χ1v) is 8.84. The van der Waals surface area contributed by atoms with Crippen molar-refractivity contribution in [3.05, 3.63) is 65.7 Å². The van der Waals surface area contributed by atoms with E-state index in [2.05, 4.69) is 15.1 Å². The van der Waals surface area contributed by atoms with Gasteiger partial charge in [0.15, 0.2) is 0 Å². The van der Waals surface area contributed by atoms with E-state index >= 15 is 0 Å². The van der Waals surface area contributed by atoms with Gasteiger partial charge in [-0.3, -0.25) is 9.69 Å². The molecule has 0 spiro atoms. The second-order valence-corrected chi connectivity index (χ2v) is 6.52. The minimum atomic E-state index is -0.367. The molecule has 1 heterocycles. The quantitative estimate of drug-likeness (QED) is 0.861. The maximum Gasteiger partial charge on any atom is 0.225 e. The zero-order valence-corrected chi connectivity index (χ0v) is 14.6. The molecule has 0 bridgehead atoms. The van der Waals surface area contributed by atoms with Crippen molar-refractivity contribution in [3.8, 4) is 0 Å². The van der Waals surface area contributed by atoms with Crippen LogP contribution in [0.4, 0.5) is 14.5 Å². The molecule has 6 heteroatoms. The highest BCUT2D eigenvalue weighted by Crippen LogP contribution is 2.13. The monoisotopic (exact) mass is 359 g/mol. The summed E-state index contributed by atoms with van der Waals surface area (Å²) in [4.78, 5) is 16.4. The summed E-state index contributed by atoms with van der Waals surface area (Å²) < 4.78 is 26.9. The highest BCUT2D eigenvalue weighted by Gasteiger charge is 2.18. The van der Waals surface area contributed by atoms with Crippen molar-refractivity contribution in [3.63, 3.8) is 0 Å². The molecule has 0 radical (unpaired) electrons. The van der Waals surface area contributed by atoms with E-state index in [-0.39, 0.29) is 17.5 Å². The summed E-state index contributed by atoms with van der Waals surface area (Å²) in [6.07, 6.45) is 0.365. The Bertz CT molecular complexity index is 745. The third-order valence-electron chi connectivity index (χ3n) is 4.58. The highest BCUT2D eigenvalue weighted by molar-refractivity contribution is 5.90. The molecule has 3 rings (SSSR count). The van der Waals surface area contributed by atoms with Crippen LogP contribution < -0.4 is 5.32 Å². The Kier molecular flexibility index (Phi) is 6.30. The molecule has 1 aliphatic heterocycles. The van der Waals surface area contributed by atoms with Crippen LogP contribution in [-0.2, 0) is 11.3 Å². The molecule has 1 fully saturated rings. The van der Waals surface area contributed by atoms with E-state index < -0.39 is 0 Å². The minimum Gasteiger partial charge on any atom is -0.326 e. The lowest BCUT2D eigenvalue weighted by Crippen LogP contribution is -2.46. The third-order valence-corrected chi connectivity index (χ3v) is 4.58. The molecule has 26 heavy (non-hydrogen) atoms. The van der Waals surface area contributed by atoms with E-state index in [1.165, 1.54) is 18.2 Å². The SMILES string of the molecule is O=C(CCN1CCN(Cc2ccccc2F)CC1)Nc1cccc(F)c1. The van der Waals surface area contributed by atoms with Gasteiger partial charge in [0.1, 0.15) is 11.6 Å². The summed E-state index contributed by atoms with van der Waals surface area (Å²) in [5.41, 5.74) is 1.19. The van der Waals surface area contributed by atoms with Gasteiger partial charge in [-0.25, -0.2) is 8.78 Å². The highest BCUT2D eigenvalue weighted by atomic mass is 19.1. The summed E-state index contributed by atoms with van der Waals surface area (Å²) in [6, 6.07) is 12.7. The van der Waals surface area contributed by atoms with Gasteiger partial charge >= 0.3 is 0 Å². The third kappa shape index (κ3) is 5.34. The number of anilines is 1. The number of carbonyl (C=O) groups is 1. The fourth-order valence-corrected chi connectivity index (χ4v) is 3.09. The van der Waals surface area contributed by atoms with E-state index in [1.807, 2.05) is 12.1 Å². The van der Waals surface area contributed by atoms with Crippen LogP contribution in [0.5, 0.6) is 0 Å². The summed E-state index contributed by atoms with van der Waals surface area (Å²) in [7, 11) is 0. The van der Waals surface area contributed by atoms with Crippen molar-refractivity contribution in [1.82, 2.24) is 9.80 Å². The standard InChI is InChI=1S/C20H23F2N3O/c21-17-5-3-6-18(14-17)23-20(26)8-9-24-10-12-25(13-11-24)15-16-4-1-2-7-19(16)22/h1-7,14H,8-13,15H2,(H,23,26). The van der Waals surface area contributed by atoms with Gasteiger partial charge in [-0.2, -0.15) is 0 Å². The zero-order chi connectivity index (χ0) is 18.4. The van der Waals surface area contributed by atoms with Gasteiger partial charge in [0.25, 0.3) is 0 Å². The summed E-state index contributed by atoms with van der Waals surface area (Å²) in [6.45, 7) is 4.67. The number of hydrogen-bond donors (Lipinski definition) is 1. The van der Waals surface area contributed by atoms with Crippen molar-refractivity contribution >= 4 is 11.6 Å². The fourth-order valence-electron chi connectivity index (χ4n) is 3.09. The molecule has 0 unspecified atom stereocenters. The maximum atomic E-state index is 13.7. The first-order chi connectivity index (χ1) is 12.6. The first kappa shape index (κ1) is 18.5. The molecule has 0 aromatic heterocycles. The average molecular weight is 359 g/mol. The second kappa shape index (κ2) is 8.87. The van der Waals surface area contributed by atoms with Crippen molar-refractivity contribution in [2.75, 3.05) is 38.0 Å². The van der Waals surface area contributed by atoms with Crippen molar-refractivity contribution < 1.29 is 13.6 Å². The van der Waals surface area contributed by atoms with Gasteiger partial charge in [0.05, 0.1) is 0 Å². The Hall–Kier alpha value is -2.31. The molecule has 2 aromatic carbocycles. The minimum absolute atomic E-state index is 0.121. The number of nitrogens with one attached hydrogen (secondary N) is 1. The Labute approximate surface area is 152 Å². The van der Waals surface area contributed by atoms with Crippen LogP contribution >= 0.6 is 0 Å². The number of hydrogen-bond acceptors (Lipinski definition) is 3. The molecule has 1 amide bonds. The number of carbonyl (C=O) groups excluding carboxylic acids is 1. The summed E-state index contributed by atoms with van der Waals surface area (Å²) in [5, 5.41) is 2.71. The zero-order valence-electron chi connectivity index (χ0n) is 14.6. The Balaban J connectivity index is 1.39. The summed E-state index contributed by atoms with van der Waals surface area (Å²) in [5.74, 6) is -0.651. The van der Waals surface area contributed by atoms with Crippen LogP contribution in [-0.4, -0.2) is 48.4 Å². The molecule has 1 N–H and O–H groups in total. The van der Waals surface area contributed by atoms with Gasteiger partial charge in [-0.1, -0.05) is 24.3 Å². The molecule has 0 saturated carbocycles. The fraction of sp³-hybridized carbons (Fsp3) is 0.350. The van der Waals surface area contributed by atoms with Crippen molar-refractivity contribution in [1.29, 1.82) is 0 Å². The molecule has 0 atom stereocenters. The molecule has 1 aliphatic rings. The first-order valence-electron chi connectivity index (χ1n) is 8.84. The predicted octanol–water partition coefficient (Wildman–Crippen LogP) is 3.11. The number of benzene rings is 2. The van der Waals surface area contributed by atoms with E-state index in [0.29, 0.717) is 25.2 Å². The number of piperazine rings is 1. The van der Waals surface area contributed by atoms with Gasteiger partial charge in [-0.05, 0) is 24.3 Å². The smallest absolute Gasteiger partial charge is 0.225 e. The maximum absolute atomic E-state index is 13.7. The number of rotatable bonds is 6. The largest absolute Gasteiger partial charge is 0.326 e. The predicted molar refractivity (Wildman–Crippen MR) is 97.8 cm³/mol. The Morgan fingerprint density at radius 3 is 2.42 bits per heavy atom. The summed E-state index contributed by atoms with van der Waals surface area (Å²) >= 11 is 0. The van der Waals surface area contributed by atoms with Crippen LogP contribution in [0.3, 0.4) is 0 Å². The molecule has 4 nitrogen and oxygen atoms in total. The molecular formula is C20H23F2N3O. The van der Waals surface area contributed by atoms with Gasteiger partial charge in [0.2, 0.25) is 5.91 Å². The van der Waals surface area contributed by atoms with Gasteiger partial charge < -0.3 is 10.2 Å². The Morgan fingerprint density at radius 2 is 1.69 bits per heavy atom. The molecule has 138 valence electrons. The Morgan fingerprint density at radius 1 is 0.962 bits per heavy atom. The topological polar surface area (TPSA) is 35.6 Å². The molecule has 2 aromatic rings. The van der Waals surface area contributed by atoms with E-state index in [1.54, 1.807) is 18.2 Å². The van der Waals surface area contributed by atoms with Crippen LogP contribution in [0.1, 0.15) is 12.0 Å². The van der Waals surface area contributed by atoms with E-state index in [9.17, 15) is 13.6 Å². The van der Waals surface area contributed by atoms with Crippen molar-refractivity contribution in [2.24, 2.45) is 0 Å². The average Bonchev–Trinajstić information content (AvgIpc) is 2.63. The van der Waals surface area contributed by atoms with E-state index in [4.69, 9.17) is 0 Å². The molecule has 1 saturated heterocycles.